The summed E-state index contributed by atoms with van der Waals surface area (Å²) >= 11 is 1.33. The third-order valence-electron chi connectivity index (χ3n) is 3.34. The van der Waals surface area contributed by atoms with Crippen LogP contribution in [-0.4, -0.2) is 44.0 Å². The van der Waals surface area contributed by atoms with Crippen molar-refractivity contribution in [1.82, 2.24) is 20.1 Å². The van der Waals surface area contributed by atoms with Crippen LogP contribution in [0.1, 0.15) is 38.6 Å². The highest BCUT2D eigenvalue weighted by Crippen LogP contribution is 2.37. The number of carboxylic acids is 1. The van der Waals surface area contributed by atoms with Gasteiger partial charge in [-0.1, -0.05) is 25.1 Å². The maximum Gasteiger partial charge on any atom is 0.308 e. The molecule has 1 amide bonds. The lowest BCUT2D eigenvalue weighted by Crippen LogP contribution is -2.34. The van der Waals surface area contributed by atoms with Crippen LogP contribution >= 0.6 is 11.8 Å². The number of aliphatic carboxylic acids is 1. The van der Waals surface area contributed by atoms with Gasteiger partial charge in [0.25, 0.3) is 0 Å². The number of amides is 1. The molecule has 0 spiro atoms. The van der Waals surface area contributed by atoms with E-state index in [9.17, 15) is 9.59 Å². The molecule has 1 saturated carbocycles. The summed E-state index contributed by atoms with van der Waals surface area (Å²) in [5, 5.41) is 20.3. The van der Waals surface area contributed by atoms with Gasteiger partial charge >= 0.3 is 5.97 Å². The molecule has 0 radical (unpaired) electrons. The van der Waals surface area contributed by atoms with Gasteiger partial charge in [0, 0.05) is 12.6 Å². The van der Waals surface area contributed by atoms with Gasteiger partial charge < -0.3 is 15.0 Å². The Bertz CT molecular complexity index is 501. The predicted molar refractivity (Wildman–Crippen MR) is 78.1 cm³/mol. The molecule has 1 atom stereocenters. The van der Waals surface area contributed by atoms with E-state index < -0.39 is 11.9 Å². The Morgan fingerprint density at radius 3 is 2.95 bits per heavy atom. The standard InChI is InChI=1S/C13H20N4O3S/c1-2-3-9(12(19)20)6-14-11(18)7-21-13-16-15-8-17(13)10-4-5-10/h8-10H,2-7H2,1H3,(H,14,18)(H,19,20). The zero-order valence-corrected chi connectivity index (χ0v) is 12.8. The molecule has 116 valence electrons. The van der Waals surface area contributed by atoms with E-state index in [2.05, 4.69) is 15.5 Å². The van der Waals surface area contributed by atoms with Crippen LogP contribution in [0.25, 0.3) is 0 Å². The highest BCUT2D eigenvalue weighted by atomic mass is 32.2. The van der Waals surface area contributed by atoms with Gasteiger partial charge in [-0.3, -0.25) is 9.59 Å². The summed E-state index contributed by atoms with van der Waals surface area (Å²) in [5.74, 6) is -1.32. The van der Waals surface area contributed by atoms with Crippen molar-refractivity contribution < 1.29 is 14.7 Å². The van der Waals surface area contributed by atoms with Crippen molar-refractivity contribution >= 4 is 23.6 Å². The number of hydrogen-bond acceptors (Lipinski definition) is 5. The molecule has 8 heteroatoms. The van der Waals surface area contributed by atoms with E-state index >= 15 is 0 Å². The Kier molecular flexibility index (Phi) is 5.60. The molecule has 1 unspecified atom stereocenters. The molecule has 7 nitrogen and oxygen atoms in total. The largest absolute Gasteiger partial charge is 0.481 e. The van der Waals surface area contributed by atoms with E-state index in [0.29, 0.717) is 12.5 Å². The van der Waals surface area contributed by atoms with Crippen molar-refractivity contribution in [2.45, 2.75) is 43.8 Å². The number of carbonyl (C=O) groups is 2. The molecule has 1 fully saturated rings. The van der Waals surface area contributed by atoms with Crippen molar-refractivity contribution in [1.29, 1.82) is 0 Å². The third-order valence-corrected chi connectivity index (χ3v) is 4.30. The second-order valence-corrected chi connectivity index (χ2v) is 6.11. The normalized spacial score (nSPS) is 15.7. The first-order valence-electron chi connectivity index (χ1n) is 7.13. The lowest BCUT2D eigenvalue weighted by atomic mass is 10.0. The van der Waals surface area contributed by atoms with Gasteiger partial charge in [-0.05, 0) is 19.3 Å². The first kappa shape index (κ1) is 15.8. The van der Waals surface area contributed by atoms with Crippen LogP contribution in [0.2, 0.25) is 0 Å². The number of nitrogens with one attached hydrogen (secondary N) is 1. The molecule has 21 heavy (non-hydrogen) atoms. The number of aromatic nitrogens is 3. The summed E-state index contributed by atoms with van der Waals surface area (Å²) in [6.45, 7) is 2.11. The van der Waals surface area contributed by atoms with Crippen molar-refractivity contribution in [2.24, 2.45) is 5.92 Å². The molecule has 1 aliphatic rings. The second-order valence-electron chi connectivity index (χ2n) is 5.17. The maximum absolute atomic E-state index is 11.8. The highest BCUT2D eigenvalue weighted by Gasteiger charge is 2.26. The van der Waals surface area contributed by atoms with Gasteiger partial charge in [0.1, 0.15) is 6.33 Å². The molecule has 0 aliphatic heterocycles. The maximum atomic E-state index is 11.8. The van der Waals surface area contributed by atoms with Crippen LogP contribution in [-0.2, 0) is 9.59 Å². The fourth-order valence-corrected chi connectivity index (χ4v) is 2.83. The highest BCUT2D eigenvalue weighted by molar-refractivity contribution is 7.99. The van der Waals surface area contributed by atoms with Crippen LogP contribution in [0.4, 0.5) is 0 Å². The molecule has 1 aromatic rings. The monoisotopic (exact) mass is 312 g/mol. The number of rotatable bonds is 9. The number of carboxylic acid groups (broad SMARTS) is 1. The Morgan fingerprint density at radius 2 is 2.33 bits per heavy atom. The van der Waals surface area contributed by atoms with E-state index in [-0.39, 0.29) is 18.2 Å². The minimum atomic E-state index is -0.863. The number of hydrogen-bond donors (Lipinski definition) is 2. The van der Waals surface area contributed by atoms with E-state index in [1.807, 2.05) is 11.5 Å². The fraction of sp³-hybridized carbons (Fsp3) is 0.692. The summed E-state index contributed by atoms with van der Waals surface area (Å²) in [7, 11) is 0. The van der Waals surface area contributed by atoms with Gasteiger partial charge in [0.15, 0.2) is 5.16 Å². The third kappa shape index (κ3) is 4.73. The SMILES string of the molecule is CCCC(CNC(=O)CSc1nncn1C1CC1)C(=O)O. The Balaban J connectivity index is 1.74. The quantitative estimate of drug-likeness (QED) is 0.668. The zero-order valence-electron chi connectivity index (χ0n) is 12.0. The number of thioether (sulfide) groups is 1. The van der Waals surface area contributed by atoms with E-state index in [0.717, 1.165) is 24.4 Å². The molecular formula is C13H20N4O3S. The fourth-order valence-electron chi connectivity index (χ4n) is 2.02. The van der Waals surface area contributed by atoms with Crippen molar-refractivity contribution in [3.05, 3.63) is 6.33 Å². The average Bonchev–Trinajstić information content (AvgIpc) is 3.19. The van der Waals surface area contributed by atoms with Gasteiger partial charge in [0.05, 0.1) is 11.7 Å². The summed E-state index contributed by atoms with van der Waals surface area (Å²) in [6, 6.07) is 0.478. The Morgan fingerprint density at radius 1 is 1.57 bits per heavy atom. The van der Waals surface area contributed by atoms with Crippen LogP contribution in [0.15, 0.2) is 11.5 Å². The predicted octanol–water partition coefficient (Wildman–Crippen LogP) is 1.32. The van der Waals surface area contributed by atoms with Crippen LogP contribution in [0.5, 0.6) is 0 Å². The lowest BCUT2D eigenvalue weighted by molar-refractivity contribution is -0.141. The van der Waals surface area contributed by atoms with Gasteiger partial charge in [-0.2, -0.15) is 0 Å². The number of carbonyl (C=O) groups excluding carboxylic acids is 1. The molecular weight excluding hydrogens is 292 g/mol. The molecule has 0 saturated heterocycles. The topological polar surface area (TPSA) is 97.1 Å². The minimum absolute atomic E-state index is 0.173. The molecule has 2 N–H and O–H groups in total. The van der Waals surface area contributed by atoms with E-state index in [1.165, 1.54) is 11.8 Å². The molecule has 1 heterocycles. The molecule has 1 aromatic heterocycles. The Hall–Kier alpha value is -1.57. The summed E-state index contributed by atoms with van der Waals surface area (Å²) < 4.78 is 2.00. The first-order chi connectivity index (χ1) is 10.1. The minimum Gasteiger partial charge on any atom is -0.481 e. The lowest BCUT2D eigenvalue weighted by Gasteiger charge is -2.12. The van der Waals surface area contributed by atoms with Gasteiger partial charge in [0.2, 0.25) is 5.91 Å². The van der Waals surface area contributed by atoms with Crippen LogP contribution < -0.4 is 5.32 Å². The van der Waals surface area contributed by atoms with Crippen molar-refractivity contribution in [3.8, 4) is 0 Å². The van der Waals surface area contributed by atoms with Crippen molar-refractivity contribution in [3.63, 3.8) is 0 Å². The number of nitrogens with zero attached hydrogens (tertiary/aromatic N) is 3. The van der Waals surface area contributed by atoms with E-state index in [4.69, 9.17) is 5.11 Å². The van der Waals surface area contributed by atoms with Crippen LogP contribution in [0.3, 0.4) is 0 Å². The summed E-state index contributed by atoms with van der Waals surface area (Å²) in [5.41, 5.74) is 0. The zero-order chi connectivity index (χ0) is 15.2. The van der Waals surface area contributed by atoms with Crippen LogP contribution in [0, 0.1) is 5.92 Å². The second kappa shape index (κ2) is 7.44. The smallest absolute Gasteiger partial charge is 0.308 e. The van der Waals surface area contributed by atoms with Gasteiger partial charge in [-0.15, -0.1) is 10.2 Å². The summed E-state index contributed by atoms with van der Waals surface area (Å²) in [4.78, 5) is 22.8. The first-order valence-corrected chi connectivity index (χ1v) is 8.12. The molecule has 1 aliphatic carbocycles. The average molecular weight is 312 g/mol. The summed E-state index contributed by atoms with van der Waals surface area (Å²) in [6.07, 6.45) is 5.31. The Labute approximate surface area is 127 Å². The van der Waals surface area contributed by atoms with Crippen molar-refractivity contribution in [2.75, 3.05) is 12.3 Å². The molecule has 0 bridgehead atoms. The van der Waals surface area contributed by atoms with E-state index in [1.54, 1.807) is 6.33 Å². The molecule has 2 rings (SSSR count). The molecule has 0 aromatic carbocycles. The van der Waals surface area contributed by atoms with Gasteiger partial charge in [-0.25, -0.2) is 0 Å².